The molecule has 70 valence electrons. The van der Waals surface area contributed by atoms with E-state index in [0.717, 1.165) is 0 Å². The zero-order chi connectivity index (χ0) is 10.0. The van der Waals surface area contributed by atoms with Crippen molar-refractivity contribution in [1.29, 1.82) is 0 Å². The van der Waals surface area contributed by atoms with E-state index in [1.807, 2.05) is 0 Å². The van der Waals surface area contributed by atoms with Gasteiger partial charge in [-0.15, -0.1) is 0 Å². The van der Waals surface area contributed by atoms with Crippen molar-refractivity contribution in [2.45, 2.75) is 6.43 Å². The van der Waals surface area contributed by atoms with Crippen LogP contribution < -0.4 is 0 Å². The molecule has 0 atom stereocenters. The van der Waals surface area contributed by atoms with Crippen molar-refractivity contribution < 1.29 is 18.0 Å². The minimum atomic E-state index is -3.01. The van der Waals surface area contributed by atoms with Crippen molar-refractivity contribution in [3.63, 3.8) is 0 Å². The second kappa shape index (κ2) is 3.74. The highest BCUT2D eigenvalue weighted by molar-refractivity contribution is 6.31. The molecule has 1 rings (SSSR count). The van der Waals surface area contributed by atoms with Gasteiger partial charge in [-0.25, -0.2) is 18.2 Å². The molecule has 13 heavy (non-hydrogen) atoms. The standard InChI is InChI=1S/C7H3ClF3NO/c8-6-4(2-13)5(9)3(1-12-6)7(10)11/h1-2,7H. The van der Waals surface area contributed by atoms with E-state index in [0.29, 0.717) is 6.20 Å². The summed E-state index contributed by atoms with van der Waals surface area (Å²) in [7, 11) is 0. The molecule has 0 aliphatic heterocycles. The Labute approximate surface area is 76.3 Å². The van der Waals surface area contributed by atoms with Crippen LogP contribution in [0.25, 0.3) is 0 Å². The average molecular weight is 210 g/mol. The fraction of sp³-hybridized carbons (Fsp3) is 0.143. The minimum absolute atomic E-state index is 0.0521. The zero-order valence-corrected chi connectivity index (χ0v) is 6.86. The largest absolute Gasteiger partial charge is 0.298 e. The van der Waals surface area contributed by atoms with E-state index in [-0.39, 0.29) is 6.29 Å². The van der Waals surface area contributed by atoms with E-state index in [4.69, 9.17) is 11.6 Å². The lowest BCUT2D eigenvalue weighted by Crippen LogP contribution is -1.99. The number of aromatic nitrogens is 1. The molecule has 1 heterocycles. The Kier molecular flexibility index (Phi) is 2.87. The first kappa shape index (κ1) is 9.98. The highest BCUT2D eigenvalue weighted by atomic mass is 35.5. The van der Waals surface area contributed by atoms with Crippen LogP contribution in [0.15, 0.2) is 6.20 Å². The van der Waals surface area contributed by atoms with Crippen LogP contribution in [0.3, 0.4) is 0 Å². The van der Waals surface area contributed by atoms with Crippen molar-refractivity contribution in [2.24, 2.45) is 0 Å². The Bertz CT molecular complexity index is 343. The molecule has 0 aromatic carbocycles. The van der Waals surface area contributed by atoms with Gasteiger partial charge in [0.2, 0.25) is 0 Å². The van der Waals surface area contributed by atoms with E-state index in [1.54, 1.807) is 0 Å². The maximum Gasteiger partial charge on any atom is 0.268 e. The van der Waals surface area contributed by atoms with Crippen molar-refractivity contribution in [3.05, 3.63) is 28.3 Å². The molecule has 6 heteroatoms. The molecule has 0 bridgehead atoms. The highest BCUT2D eigenvalue weighted by Crippen LogP contribution is 2.25. The molecule has 0 aliphatic carbocycles. The van der Waals surface area contributed by atoms with Gasteiger partial charge >= 0.3 is 0 Å². The topological polar surface area (TPSA) is 30.0 Å². The summed E-state index contributed by atoms with van der Waals surface area (Å²) in [5, 5.41) is -0.420. The Morgan fingerprint density at radius 3 is 2.62 bits per heavy atom. The summed E-state index contributed by atoms with van der Waals surface area (Å²) in [4.78, 5) is 13.5. The molecule has 0 unspecified atom stereocenters. The van der Waals surface area contributed by atoms with Crippen molar-refractivity contribution in [2.75, 3.05) is 0 Å². The summed E-state index contributed by atoms with van der Waals surface area (Å²) in [5.41, 5.74) is -1.56. The van der Waals surface area contributed by atoms with E-state index in [1.165, 1.54) is 0 Å². The van der Waals surface area contributed by atoms with Crippen LogP contribution in [-0.4, -0.2) is 11.3 Å². The highest BCUT2D eigenvalue weighted by Gasteiger charge is 2.19. The van der Waals surface area contributed by atoms with E-state index in [9.17, 15) is 18.0 Å². The molecule has 2 nitrogen and oxygen atoms in total. The van der Waals surface area contributed by atoms with Gasteiger partial charge in [-0.1, -0.05) is 11.6 Å². The lowest BCUT2D eigenvalue weighted by molar-refractivity contribution is 0.111. The fourth-order valence-electron chi connectivity index (χ4n) is 0.751. The van der Waals surface area contributed by atoms with E-state index < -0.39 is 28.5 Å². The van der Waals surface area contributed by atoms with E-state index >= 15 is 0 Å². The van der Waals surface area contributed by atoms with Crippen LogP contribution in [0.4, 0.5) is 13.2 Å². The smallest absolute Gasteiger partial charge is 0.268 e. The summed E-state index contributed by atoms with van der Waals surface area (Å²) < 4.78 is 37.0. The van der Waals surface area contributed by atoms with Crippen LogP contribution in [0.5, 0.6) is 0 Å². The number of carbonyl (C=O) groups is 1. The van der Waals surface area contributed by atoms with Gasteiger partial charge in [0.25, 0.3) is 6.43 Å². The van der Waals surface area contributed by atoms with Gasteiger partial charge in [-0.2, -0.15) is 0 Å². The maximum atomic E-state index is 12.9. The molecule has 1 aromatic rings. The number of pyridine rings is 1. The number of hydrogen-bond acceptors (Lipinski definition) is 2. The molecular formula is C7H3ClF3NO. The van der Waals surface area contributed by atoms with E-state index in [2.05, 4.69) is 4.98 Å². The Morgan fingerprint density at radius 1 is 1.54 bits per heavy atom. The van der Waals surface area contributed by atoms with Crippen LogP contribution in [0, 0.1) is 5.82 Å². The molecule has 0 radical (unpaired) electrons. The quantitative estimate of drug-likeness (QED) is 0.554. The van der Waals surface area contributed by atoms with Gasteiger partial charge in [0.05, 0.1) is 11.1 Å². The number of carbonyl (C=O) groups excluding carboxylic acids is 1. The second-order valence-electron chi connectivity index (χ2n) is 2.15. The first-order chi connectivity index (χ1) is 6.07. The van der Waals surface area contributed by atoms with Gasteiger partial charge in [0, 0.05) is 6.20 Å². The first-order valence-corrected chi connectivity index (χ1v) is 3.53. The van der Waals surface area contributed by atoms with Crippen LogP contribution >= 0.6 is 11.6 Å². The number of aldehydes is 1. The maximum absolute atomic E-state index is 12.9. The van der Waals surface area contributed by atoms with Gasteiger partial charge in [0.1, 0.15) is 11.0 Å². The molecule has 0 amide bonds. The average Bonchev–Trinajstić information content (AvgIpc) is 2.04. The third-order valence-corrected chi connectivity index (χ3v) is 1.68. The molecule has 1 aromatic heterocycles. The van der Waals surface area contributed by atoms with Crippen molar-refractivity contribution >= 4 is 17.9 Å². The van der Waals surface area contributed by atoms with Gasteiger partial charge in [-0.3, -0.25) is 4.79 Å². The predicted molar refractivity (Wildman–Crippen MR) is 39.5 cm³/mol. The third-order valence-electron chi connectivity index (χ3n) is 1.38. The lowest BCUT2D eigenvalue weighted by Gasteiger charge is -2.03. The van der Waals surface area contributed by atoms with Gasteiger partial charge < -0.3 is 0 Å². The summed E-state index contributed by atoms with van der Waals surface area (Å²) in [6.07, 6.45) is -2.35. The minimum Gasteiger partial charge on any atom is -0.298 e. The van der Waals surface area contributed by atoms with Crippen LogP contribution in [0.1, 0.15) is 22.3 Å². The number of hydrogen-bond donors (Lipinski definition) is 0. The van der Waals surface area contributed by atoms with Crippen molar-refractivity contribution in [3.8, 4) is 0 Å². The predicted octanol–water partition coefficient (Wildman–Crippen LogP) is 2.62. The van der Waals surface area contributed by atoms with Gasteiger partial charge in [-0.05, 0) is 0 Å². The fourth-order valence-corrected chi connectivity index (χ4v) is 0.927. The summed E-state index contributed by atoms with van der Waals surface area (Å²) in [6, 6.07) is 0. The molecule has 0 spiro atoms. The lowest BCUT2D eigenvalue weighted by atomic mass is 10.2. The number of alkyl halides is 2. The number of halogens is 4. The number of rotatable bonds is 2. The summed E-state index contributed by atoms with van der Waals surface area (Å²) >= 11 is 5.28. The SMILES string of the molecule is O=Cc1c(Cl)ncc(C(F)F)c1F. The summed E-state index contributed by atoms with van der Waals surface area (Å²) in [5.74, 6) is -1.31. The molecule has 0 saturated heterocycles. The Balaban J connectivity index is 3.35. The molecule has 0 fully saturated rings. The van der Waals surface area contributed by atoms with Gasteiger partial charge in [0.15, 0.2) is 6.29 Å². The third kappa shape index (κ3) is 1.80. The normalized spacial score (nSPS) is 10.5. The Morgan fingerprint density at radius 2 is 2.15 bits per heavy atom. The Hall–Kier alpha value is -1.10. The van der Waals surface area contributed by atoms with Crippen molar-refractivity contribution in [1.82, 2.24) is 4.98 Å². The van der Waals surface area contributed by atoms with Crippen LogP contribution in [0.2, 0.25) is 5.15 Å². The summed E-state index contributed by atoms with van der Waals surface area (Å²) in [6.45, 7) is 0. The first-order valence-electron chi connectivity index (χ1n) is 3.15. The second-order valence-corrected chi connectivity index (χ2v) is 2.51. The molecule has 0 saturated carbocycles. The zero-order valence-electron chi connectivity index (χ0n) is 6.10. The molecule has 0 N–H and O–H groups in total. The monoisotopic (exact) mass is 209 g/mol. The number of nitrogens with zero attached hydrogens (tertiary/aromatic N) is 1. The van der Waals surface area contributed by atoms with Crippen LogP contribution in [-0.2, 0) is 0 Å². The molecular weight excluding hydrogens is 207 g/mol. The molecule has 0 aliphatic rings.